The first-order valence-electron chi connectivity index (χ1n) is 5.18. The molecule has 0 spiro atoms. The average Bonchev–Trinajstić information content (AvgIpc) is 2.58. The number of carbonyl (C=O) groups excluding carboxylic acids is 3. The second-order valence-electron chi connectivity index (χ2n) is 3.82. The van der Waals surface area contributed by atoms with Crippen LogP contribution >= 0.6 is 0 Å². The highest BCUT2D eigenvalue weighted by Gasteiger charge is 2.30. The Morgan fingerprint density at radius 3 is 2.82 bits per heavy atom. The van der Waals surface area contributed by atoms with Crippen LogP contribution in [0.25, 0.3) is 0 Å². The molecule has 0 bridgehead atoms. The van der Waals surface area contributed by atoms with Crippen LogP contribution in [0.4, 0.5) is 0 Å². The van der Waals surface area contributed by atoms with Gasteiger partial charge in [0.15, 0.2) is 5.78 Å². The molecule has 0 aromatic rings. The number of amides is 1. The molecule has 0 radical (unpaired) electrons. The lowest BCUT2D eigenvalue weighted by atomic mass is 10.1. The van der Waals surface area contributed by atoms with E-state index in [-0.39, 0.29) is 35.9 Å². The molecule has 0 aromatic heterocycles. The maximum Gasteiger partial charge on any atom is 0.259 e. The van der Waals surface area contributed by atoms with Gasteiger partial charge in [-0.15, -0.1) is 0 Å². The van der Waals surface area contributed by atoms with Gasteiger partial charge in [0, 0.05) is 0 Å². The molecule has 0 aliphatic carbocycles. The lowest BCUT2D eigenvalue weighted by Crippen LogP contribution is -2.15. The summed E-state index contributed by atoms with van der Waals surface area (Å²) in [6.07, 6.45) is 4.99. The normalized spacial score (nSPS) is 23.2. The van der Waals surface area contributed by atoms with Crippen molar-refractivity contribution in [1.82, 2.24) is 5.32 Å². The number of rotatable bonds is 2. The van der Waals surface area contributed by atoms with Gasteiger partial charge in [0.25, 0.3) is 5.91 Å². The Labute approximate surface area is 97.8 Å². The molecule has 0 saturated carbocycles. The van der Waals surface area contributed by atoms with Crippen molar-refractivity contribution in [2.45, 2.75) is 13.3 Å². The molecule has 0 atom stereocenters. The molecule has 2 rings (SSSR count). The summed E-state index contributed by atoms with van der Waals surface area (Å²) in [7, 11) is 0. The van der Waals surface area contributed by atoms with Crippen molar-refractivity contribution in [3.05, 3.63) is 35.3 Å². The highest BCUT2D eigenvalue weighted by atomic mass is 16.5. The van der Waals surface area contributed by atoms with Crippen LogP contribution in [0.1, 0.15) is 13.3 Å². The highest BCUT2D eigenvalue weighted by Crippen LogP contribution is 2.22. The van der Waals surface area contributed by atoms with E-state index in [4.69, 9.17) is 4.74 Å². The summed E-state index contributed by atoms with van der Waals surface area (Å²) in [4.78, 5) is 33.9. The molecular formula is C12H11NO4. The summed E-state index contributed by atoms with van der Waals surface area (Å²) < 4.78 is 5.37. The van der Waals surface area contributed by atoms with Gasteiger partial charge in [-0.05, 0) is 19.1 Å². The summed E-state index contributed by atoms with van der Waals surface area (Å²) >= 11 is 0. The van der Waals surface area contributed by atoms with Crippen molar-refractivity contribution in [3.8, 4) is 0 Å². The van der Waals surface area contributed by atoms with E-state index >= 15 is 0 Å². The summed E-state index contributed by atoms with van der Waals surface area (Å²) in [6.45, 7) is 1.45. The molecule has 2 aliphatic heterocycles. The molecule has 2 heterocycles. The van der Waals surface area contributed by atoms with Crippen LogP contribution in [0, 0.1) is 0 Å². The van der Waals surface area contributed by atoms with Gasteiger partial charge in [-0.2, -0.15) is 0 Å². The van der Waals surface area contributed by atoms with Gasteiger partial charge < -0.3 is 10.1 Å². The Balaban J connectivity index is 2.26. The van der Waals surface area contributed by atoms with Gasteiger partial charge in [0.2, 0.25) is 0 Å². The maximum absolute atomic E-state index is 11.5. The molecule has 1 N–H and O–H groups in total. The molecule has 0 unspecified atom stereocenters. The lowest BCUT2D eigenvalue weighted by molar-refractivity contribution is -0.117. The first kappa shape index (κ1) is 11.3. The topological polar surface area (TPSA) is 72.5 Å². The Morgan fingerprint density at radius 2 is 2.24 bits per heavy atom. The number of ketones is 2. The molecule has 2 aliphatic rings. The van der Waals surface area contributed by atoms with E-state index in [1.165, 1.54) is 6.92 Å². The number of Topliss-reactive ketones (excluding diaryl/α,β-unsaturated/α-hetero) is 2. The quantitative estimate of drug-likeness (QED) is 0.553. The zero-order chi connectivity index (χ0) is 12.4. The number of allylic oxidation sites excluding steroid dienone is 4. The third-order valence-electron chi connectivity index (χ3n) is 2.36. The van der Waals surface area contributed by atoms with E-state index in [9.17, 15) is 14.4 Å². The molecular weight excluding hydrogens is 222 g/mol. The molecule has 1 fully saturated rings. The summed E-state index contributed by atoms with van der Waals surface area (Å²) in [5.74, 6) is -0.116. The number of nitrogens with one attached hydrogen (secondary N) is 1. The average molecular weight is 233 g/mol. The van der Waals surface area contributed by atoms with Crippen LogP contribution in [0.5, 0.6) is 0 Å². The standard InChI is InChI=1S/C12H11NO4/c1-7(14)5-8-3-2-4-10(17-8)11-9(15)6-13-12(11)16/h2-4H,5-6H2,1H3,(H,13,16). The predicted molar refractivity (Wildman–Crippen MR) is 58.6 cm³/mol. The smallest absolute Gasteiger partial charge is 0.259 e. The van der Waals surface area contributed by atoms with Crippen LogP contribution in [-0.2, 0) is 19.1 Å². The van der Waals surface area contributed by atoms with Crippen molar-refractivity contribution in [3.63, 3.8) is 0 Å². The van der Waals surface area contributed by atoms with Gasteiger partial charge in [-0.1, -0.05) is 6.08 Å². The van der Waals surface area contributed by atoms with Gasteiger partial charge in [0.1, 0.15) is 22.9 Å². The highest BCUT2D eigenvalue weighted by molar-refractivity contribution is 6.25. The fourth-order valence-corrected chi connectivity index (χ4v) is 1.64. The molecule has 1 amide bonds. The van der Waals surface area contributed by atoms with Crippen molar-refractivity contribution >= 4 is 17.5 Å². The first-order chi connectivity index (χ1) is 8.08. The van der Waals surface area contributed by atoms with E-state index in [0.29, 0.717) is 5.76 Å². The molecule has 1 saturated heterocycles. The summed E-state index contributed by atoms with van der Waals surface area (Å²) in [6, 6.07) is 0. The van der Waals surface area contributed by atoms with Gasteiger partial charge in [-0.3, -0.25) is 14.4 Å². The van der Waals surface area contributed by atoms with E-state index in [1.54, 1.807) is 18.2 Å². The minimum atomic E-state index is -0.432. The van der Waals surface area contributed by atoms with Gasteiger partial charge in [0.05, 0.1) is 13.0 Å². The SMILES string of the molecule is CC(=O)CC1=CC=CC(=C2C(=O)CNC2=O)O1. The summed E-state index contributed by atoms with van der Waals surface area (Å²) in [5, 5.41) is 2.43. The first-order valence-corrected chi connectivity index (χ1v) is 5.18. The van der Waals surface area contributed by atoms with Crippen LogP contribution in [0.15, 0.2) is 35.3 Å². The molecule has 17 heavy (non-hydrogen) atoms. The van der Waals surface area contributed by atoms with E-state index in [1.807, 2.05) is 0 Å². The molecule has 5 nitrogen and oxygen atoms in total. The Morgan fingerprint density at radius 1 is 1.47 bits per heavy atom. The van der Waals surface area contributed by atoms with Crippen LogP contribution in [-0.4, -0.2) is 24.0 Å². The predicted octanol–water partition coefficient (Wildman–Crippen LogP) is 0.389. The van der Waals surface area contributed by atoms with Crippen molar-refractivity contribution in [2.75, 3.05) is 6.54 Å². The second-order valence-corrected chi connectivity index (χ2v) is 3.82. The maximum atomic E-state index is 11.5. The van der Waals surface area contributed by atoms with E-state index < -0.39 is 5.91 Å². The van der Waals surface area contributed by atoms with Crippen molar-refractivity contribution in [2.24, 2.45) is 0 Å². The number of carbonyl (C=O) groups is 3. The van der Waals surface area contributed by atoms with Crippen LogP contribution in [0.3, 0.4) is 0 Å². The Bertz CT molecular complexity index is 479. The van der Waals surface area contributed by atoms with Crippen molar-refractivity contribution < 1.29 is 19.1 Å². The van der Waals surface area contributed by atoms with Crippen LogP contribution in [0.2, 0.25) is 0 Å². The largest absolute Gasteiger partial charge is 0.460 e. The zero-order valence-corrected chi connectivity index (χ0v) is 9.28. The molecule has 0 aromatic carbocycles. The van der Waals surface area contributed by atoms with Crippen molar-refractivity contribution in [1.29, 1.82) is 0 Å². The minimum Gasteiger partial charge on any atom is -0.460 e. The Hall–Kier alpha value is -2.17. The third kappa shape index (κ3) is 2.33. The Kier molecular flexibility index (Phi) is 2.91. The van der Waals surface area contributed by atoms with E-state index in [2.05, 4.69) is 5.32 Å². The number of ether oxygens (including phenoxy) is 1. The molecule has 88 valence electrons. The van der Waals surface area contributed by atoms with Gasteiger partial charge >= 0.3 is 0 Å². The monoisotopic (exact) mass is 233 g/mol. The van der Waals surface area contributed by atoms with E-state index in [0.717, 1.165) is 0 Å². The molecule has 5 heteroatoms. The number of hydrogen-bond donors (Lipinski definition) is 1. The fourth-order valence-electron chi connectivity index (χ4n) is 1.64. The summed E-state index contributed by atoms with van der Waals surface area (Å²) in [5.41, 5.74) is 0.0235. The number of hydrogen-bond acceptors (Lipinski definition) is 4. The van der Waals surface area contributed by atoms with Gasteiger partial charge in [-0.25, -0.2) is 0 Å². The minimum absolute atomic E-state index is 0.000618. The van der Waals surface area contributed by atoms with Crippen LogP contribution < -0.4 is 5.32 Å². The second kappa shape index (κ2) is 4.37. The zero-order valence-electron chi connectivity index (χ0n) is 9.28. The third-order valence-corrected chi connectivity index (χ3v) is 2.36. The fraction of sp³-hybridized carbons (Fsp3) is 0.250. The lowest BCUT2D eigenvalue weighted by Gasteiger charge is -2.13.